The van der Waals surface area contributed by atoms with Gasteiger partial charge in [0, 0.05) is 28.4 Å². The van der Waals surface area contributed by atoms with E-state index >= 15 is 0 Å². The fourth-order valence-corrected chi connectivity index (χ4v) is 3.42. The lowest BCUT2D eigenvalue weighted by molar-refractivity contribution is 0.199. The Hall–Kier alpha value is -3.28. The van der Waals surface area contributed by atoms with E-state index in [2.05, 4.69) is 26.3 Å². The highest BCUT2D eigenvalue weighted by Gasteiger charge is 2.13. The summed E-state index contributed by atoms with van der Waals surface area (Å²) in [6.07, 6.45) is 1.72. The molecule has 4 aromatic rings. The second-order valence-electron chi connectivity index (χ2n) is 7.72. The number of aromatic amines is 1. The van der Waals surface area contributed by atoms with Gasteiger partial charge in [0.15, 0.2) is 11.5 Å². The van der Waals surface area contributed by atoms with Gasteiger partial charge in [-0.1, -0.05) is 0 Å². The maximum atomic E-state index is 6.00. The Kier molecular flexibility index (Phi) is 5.01. The number of aryl methyl sites for hydroxylation is 1. The lowest BCUT2D eigenvalue weighted by Gasteiger charge is -2.19. The minimum Gasteiger partial charge on any atom is -0.487 e. The standard InChI is InChI=1S/C23H26N4O2/c1-13(2)28-20-9-6-16(11-21(20)29-14(3)4)27-19-10-15(5)26-17-7-8-18-23(22(17)19)25-12-24-18/h6-14,26-27H,1-5H3. The van der Waals surface area contributed by atoms with E-state index in [4.69, 9.17) is 9.47 Å². The number of imidazole rings is 1. The van der Waals surface area contributed by atoms with Crippen molar-refractivity contribution >= 4 is 33.3 Å². The van der Waals surface area contributed by atoms with Crippen molar-refractivity contribution in [2.45, 2.75) is 46.8 Å². The highest BCUT2D eigenvalue weighted by molar-refractivity contribution is 6.10. The van der Waals surface area contributed by atoms with Crippen LogP contribution in [0.25, 0.3) is 21.9 Å². The summed E-state index contributed by atoms with van der Waals surface area (Å²) in [4.78, 5) is 12.2. The van der Waals surface area contributed by atoms with Crippen molar-refractivity contribution in [2.24, 2.45) is 0 Å². The molecule has 0 saturated carbocycles. The van der Waals surface area contributed by atoms with Crippen molar-refractivity contribution in [1.29, 1.82) is 0 Å². The molecule has 2 aromatic heterocycles. The molecule has 150 valence electrons. The zero-order valence-electron chi connectivity index (χ0n) is 17.4. The van der Waals surface area contributed by atoms with Crippen LogP contribution in [-0.4, -0.2) is 27.2 Å². The summed E-state index contributed by atoms with van der Waals surface area (Å²) in [6, 6.07) is 12.0. The van der Waals surface area contributed by atoms with Gasteiger partial charge in [0.2, 0.25) is 0 Å². The Labute approximate surface area is 170 Å². The van der Waals surface area contributed by atoms with Gasteiger partial charge in [0.25, 0.3) is 0 Å². The first-order valence-corrected chi connectivity index (χ1v) is 9.88. The number of benzene rings is 2. The van der Waals surface area contributed by atoms with Crippen LogP contribution in [-0.2, 0) is 0 Å². The number of nitrogens with one attached hydrogen (secondary N) is 2. The molecule has 0 spiro atoms. The van der Waals surface area contributed by atoms with Gasteiger partial charge >= 0.3 is 0 Å². The van der Waals surface area contributed by atoms with Crippen molar-refractivity contribution in [3.8, 4) is 11.5 Å². The number of hydrogen-bond donors (Lipinski definition) is 2. The monoisotopic (exact) mass is 390 g/mol. The minimum absolute atomic E-state index is 0.0494. The van der Waals surface area contributed by atoms with E-state index in [1.165, 1.54) is 0 Å². The SMILES string of the molecule is Cc1cc(Nc2ccc(OC(C)C)c(OC(C)C)c2)c2c(ccc3ncnc32)[nH]1. The summed E-state index contributed by atoms with van der Waals surface area (Å²) in [5, 5.41) is 4.55. The molecule has 0 amide bonds. The molecular weight excluding hydrogens is 364 g/mol. The maximum Gasteiger partial charge on any atom is 0.163 e. The summed E-state index contributed by atoms with van der Waals surface area (Å²) in [5.41, 5.74) is 5.70. The molecule has 29 heavy (non-hydrogen) atoms. The van der Waals surface area contributed by atoms with E-state index in [-0.39, 0.29) is 12.2 Å². The van der Waals surface area contributed by atoms with Crippen molar-refractivity contribution in [1.82, 2.24) is 15.0 Å². The van der Waals surface area contributed by atoms with E-state index in [9.17, 15) is 0 Å². The van der Waals surface area contributed by atoms with E-state index in [1.807, 2.05) is 65.0 Å². The Morgan fingerprint density at radius 1 is 0.897 bits per heavy atom. The van der Waals surface area contributed by atoms with Crippen molar-refractivity contribution < 1.29 is 9.47 Å². The van der Waals surface area contributed by atoms with E-state index in [1.54, 1.807) is 6.33 Å². The number of fused-ring (bicyclic) bond motifs is 3. The van der Waals surface area contributed by atoms with Gasteiger partial charge < -0.3 is 19.8 Å². The van der Waals surface area contributed by atoms with Crippen molar-refractivity contribution in [3.63, 3.8) is 0 Å². The molecular formula is C23H26N4O2. The van der Waals surface area contributed by atoms with Crippen LogP contribution in [0, 0.1) is 6.92 Å². The predicted molar refractivity (Wildman–Crippen MR) is 117 cm³/mol. The molecule has 4 rings (SSSR count). The molecule has 2 aromatic carbocycles. The molecule has 0 bridgehead atoms. The molecule has 2 heterocycles. The second kappa shape index (κ2) is 7.62. The highest BCUT2D eigenvalue weighted by atomic mass is 16.5. The van der Waals surface area contributed by atoms with Gasteiger partial charge in [0.1, 0.15) is 11.8 Å². The zero-order chi connectivity index (χ0) is 20.5. The third-order valence-corrected chi connectivity index (χ3v) is 4.45. The van der Waals surface area contributed by atoms with Crippen LogP contribution >= 0.6 is 0 Å². The fraction of sp³-hybridized carbons (Fsp3) is 0.304. The maximum absolute atomic E-state index is 6.00. The van der Waals surface area contributed by atoms with Crippen LogP contribution in [0.3, 0.4) is 0 Å². The van der Waals surface area contributed by atoms with Gasteiger partial charge in [-0.3, -0.25) is 0 Å². The largest absolute Gasteiger partial charge is 0.487 e. The van der Waals surface area contributed by atoms with Crippen LogP contribution in [0.15, 0.2) is 42.7 Å². The fourth-order valence-electron chi connectivity index (χ4n) is 3.42. The number of rotatable bonds is 6. The molecule has 0 aliphatic carbocycles. The number of H-pyrrole nitrogens is 1. The third kappa shape index (κ3) is 3.97. The lowest BCUT2D eigenvalue weighted by atomic mass is 10.1. The summed E-state index contributed by atoms with van der Waals surface area (Å²) in [7, 11) is 0. The summed E-state index contributed by atoms with van der Waals surface area (Å²) in [6.45, 7) is 10.1. The highest BCUT2D eigenvalue weighted by Crippen LogP contribution is 2.36. The normalized spacial score (nSPS) is 11.6. The predicted octanol–water partition coefficient (Wildman–Crippen LogP) is 5.74. The van der Waals surface area contributed by atoms with Gasteiger partial charge in [-0.2, -0.15) is 0 Å². The Morgan fingerprint density at radius 3 is 2.41 bits per heavy atom. The number of hydrogen-bond acceptors (Lipinski definition) is 5. The quantitative estimate of drug-likeness (QED) is 0.439. The van der Waals surface area contributed by atoms with E-state index < -0.39 is 0 Å². The molecule has 0 atom stereocenters. The average Bonchev–Trinajstić information content (AvgIpc) is 3.11. The van der Waals surface area contributed by atoms with Crippen LogP contribution in [0.1, 0.15) is 33.4 Å². The number of aromatic nitrogens is 3. The Balaban J connectivity index is 1.79. The first kappa shape index (κ1) is 19.1. The summed E-state index contributed by atoms with van der Waals surface area (Å²) < 4.78 is 11.9. The average molecular weight is 390 g/mol. The molecule has 2 N–H and O–H groups in total. The second-order valence-corrected chi connectivity index (χ2v) is 7.72. The van der Waals surface area contributed by atoms with Crippen molar-refractivity contribution in [3.05, 3.63) is 48.4 Å². The first-order valence-electron chi connectivity index (χ1n) is 9.88. The van der Waals surface area contributed by atoms with E-state index in [0.29, 0.717) is 0 Å². The third-order valence-electron chi connectivity index (χ3n) is 4.45. The Morgan fingerprint density at radius 2 is 1.66 bits per heavy atom. The Bertz CT molecular complexity index is 1160. The molecule has 6 heteroatoms. The lowest BCUT2D eigenvalue weighted by Crippen LogP contribution is -2.11. The first-order chi connectivity index (χ1) is 13.9. The molecule has 0 aliphatic heterocycles. The van der Waals surface area contributed by atoms with Crippen LogP contribution in [0.2, 0.25) is 0 Å². The topological polar surface area (TPSA) is 72.1 Å². The van der Waals surface area contributed by atoms with Gasteiger partial charge in [-0.05, 0) is 65.0 Å². The van der Waals surface area contributed by atoms with Crippen LogP contribution < -0.4 is 14.8 Å². The number of nitrogens with zero attached hydrogens (tertiary/aromatic N) is 2. The van der Waals surface area contributed by atoms with Crippen LogP contribution in [0.5, 0.6) is 11.5 Å². The van der Waals surface area contributed by atoms with Crippen LogP contribution in [0.4, 0.5) is 11.4 Å². The minimum atomic E-state index is 0.0494. The summed E-state index contributed by atoms with van der Waals surface area (Å²) in [5.74, 6) is 1.46. The number of pyridine rings is 1. The van der Waals surface area contributed by atoms with Crippen molar-refractivity contribution in [2.75, 3.05) is 5.32 Å². The molecule has 0 unspecified atom stereocenters. The van der Waals surface area contributed by atoms with Gasteiger partial charge in [-0.15, -0.1) is 0 Å². The molecule has 0 aliphatic rings. The summed E-state index contributed by atoms with van der Waals surface area (Å²) >= 11 is 0. The molecule has 0 saturated heterocycles. The number of anilines is 2. The smallest absolute Gasteiger partial charge is 0.163 e. The molecule has 0 fully saturated rings. The van der Waals surface area contributed by atoms with E-state index in [0.717, 1.165) is 50.5 Å². The molecule has 6 nitrogen and oxygen atoms in total. The molecule has 0 radical (unpaired) electrons. The zero-order valence-corrected chi connectivity index (χ0v) is 17.4. The van der Waals surface area contributed by atoms with Gasteiger partial charge in [-0.25, -0.2) is 9.97 Å². The number of ether oxygens (including phenoxy) is 2. The van der Waals surface area contributed by atoms with Gasteiger partial charge in [0.05, 0.1) is 23.4 Å².